The average Bonchev–Trinajstić information content (AvgIpc) is 3.15. The van der Waals surface area contributed by atoms with Crippen molar-refractivity contribution < 1.29 is 23.1 Å². The summed E-state index contributed by atoms with van der Waals surface area (Å²) in [6, 6.07) is 12.4. The smallest absolute Gasteiger partial charge is 0.335 e. The normalized spacial score (nSPS) is 12.2. The number of anilines is 1. The number of carboxylic acid groups (broad SMARTS) is 1. The van der Waals surface area contributed by atoms with E-state index in [9.17, 15) is 18.0 Å². The standard InChI is InChI=1S/C23H24N4O5S2/c1-4-13-27-20(14-34(31,32)19-11-5-15(2)6-12-19)25-26-23(27)33-16(3)21(28)24-18-9-7-17(8-10-18)22(29)30/h4-12,16H,1,13-14H2,2-3H3,(H,24,28)(H,29,30). The molecule has 0 fully saturated rings. The monoisotopic (exact) mass is 500 g/mol. The van der Waals surface area contributed by atoms with E-state index in [4.69, 9.17) is 5.11 Å². The zero-order valence-electron chi connectivity index (χ0n) is 18.6. The van der Waals surface area contributed by atoms with E-state index < -0.39 is 21.1 Å². The highest BCUT2D eigenvalue weighted by atomic mass is 32.2. The number of aromatic nitrogens is 3. The molecule has 3 aromatic rings. The number of aryl methyl sites for hydroxylation is 1. The molecule has 9 nitrogen and oxygen atoms in total. The van der Waals surface area contributed by atoms with Gasteiger partial charge in [-0.25, -0.2) is 13.2 Å². The molecular formula is C23H24N4O5S2. The Labute approximate surface area is 201 Å². The number of rotatable bonds is 10. The lowest BCUT2D eigenvalue weighted by Gasteiger charge is -2.13. The van der Waals surface area contributed by atoms with E-state index in [1.54, 1.807) is 41.8 Å². The summed E-state index contributed by atoms with van der Waals surface area (Å²) in [4.78, 5) is 23.8. The minimum absolute atomic E-state index is 0.117. The number of aromatic carboxylic acids is 1. The van der Waals surface area contributed by atoms with Crippen LogP contribution in [0, 0.1) is 6.92 Å². The lowest BCUT2D eigenvalue weighted by atomic mass is 10.2. The highest BCUT2D eigenvalue weighted by Gasteiger charge is 2.24. The van der Waals surface area contributed by atoms with Gasteiger partial charge < -0.3 is 15.0 Å². The summed E-state index contributed by atoms with van der Waals surface area (Å²) in [6.07, 6.45) is 1.60. The van der Waals surface area contributed by atoms with Gasteiger partial charge in [-0.15, -0.1) is 16.8 Å². The van der Waals surface area contributed by atoms with E-state index in [2.05, 4.69) is 22.1 Å². The van der Waals surface area contributed by atoms with Gasteiger partial charge in [0.1, 0.15) is 11.6 Å². The zero-order chi connectivity index (χ0) is 24.9. The molecule has 3 rings (SSSR count). The summed E-state index contributed by atoms with van der Waals surface area (Å²) in [7, 11) is -3.64. The molecule has 2 aromatic carbocycles. The molecule has 2 N–H and O–H groups in total. The molecule has 0 saturated heterocycles. The number of nitrogens with zero attached hydrogens (tertiary/aromatic N) is 3. The summed E-state index contributed by atoms with van der Waals surface area (Å²) in [5, 5.41) is 19.7. The second-order valence-electron chi connectivity index (χ2n) is 7.50. The van der Waals surface area contributed by atoms with Crippen LogP contribution in [0.5, 0.6) is 0 Å². The van der Waals surface area contributed by atoms with Crippen LogP contribution in [0.25, 0.3) is 0 Å². The first-order valence-corrected chi connectivity index (χ1v) is 12.8. The maximum Gasteiger partial charge on any atom is 0.335 e. The Balaban J connectivity index is 1.74. The summed E-state index contributed by atoms with van der Waals surface area (Å²) in [6.45, 7) is 7.55. The fourth-order valence-electron chi connectivity index (χ4n) is 2.98. The maximum absolute atomic E-state index is 12.9. The van der Waals surface area contributed by atoms with Crippen LogP contribution in [0.3, 0.4) is 0 Å². The molecule has 178 valence electrons. The van der Waals surface area contributed by atoms with Gasteiger partial charge in [0.05, 0.1) is 15.7 Å². The third kappa shape index (κ3) is 6.12. The molecular weight excluding hydrogens is 476 g/mol. The summed E-state index contributed by atoms with van der Waals surface area (Å²) in [5.74, 6) is -1.47. The largest absolute Gasteiger partial charge is 0.478 e. The number of nitrogens with one attached hydrogen (secondary N) is 1. The number of thioether (sulfide) groups is 1. The second kappa shape index (κ2) is 10.7. The molecule has 34 heavy (non-hydrogen) atoms. The lowest BCUT2D eigenvalue weighted by Crippen LogP contribution is -2.23. The third-order valence-corrected chi connectivity index (χ3v) is 7.56. The number of hydrogen-bond acceptors (Lipinski definition) is 7. The van der Waals surface area contributed by atoms with Gasteiger partial charge in [0.25, 0.3) is 0 Å². The molecule has 0 radical (unpaired) electrons. The molecule has 0 saturated carbocycles. The molecule has 1 atom stereocenters. The lowest BCUT2D eigenvalue weighted by molar-refractivity contribution is -0.115. The van der Waals surface area contributed by atoms with Gasteiger partial charge in [-0.05, 0) is 50.2 Å². The van der Waals surface area contributed by atoms with E-state index in [0.29, 0.717) is 10.8 Å². The number of carboxylic acids is 1. The van der Waals surface area contributed by atoms with E-state index in [1.165, 1.54) is 24.3 Å². The fraction of sp³-hybridized carbons (Fsp3) is 0.217. The van der Waals surface area contributed by atoms with Gasteiger partial charge >= 0.3 is 5.97 Å². The summed E-state index contributed by atoms with van der Waals surface area (Å²) >= 11 is 1.13. The minimum Gasteiger partial charge on any atom is -0.478 e. The molecule has 0 aliphatic heterocycles. The molecule has 0 aliphatic carbocycles. The Morgan fingerprint density at radius 1 is 1.15 bits per heavy atom. The molecule has 1 aromatic heterocycles. The van der Waals surface area contributed by atoms with Gasteiger partial charge in [-0.1, -0.05) is 35.5 Å². The molecule has 0 spiro atoms. The topological polar surface area (TPSA) is 131 Å². The van der Waals surface area contributed by atoms with E-state index in [0.717, 1.165) is 17.3 Å². The Morgan fingerprint density at radius 3 is 2.38 bits per heavy atom. The van der Waals surface area contributed by atoms with Crippen LogP contribution in [0.1, 0.15) is 28.7 Å². The van der Waals surface area contributed by atoms with Gasteiger partial charge in [0.2, 0.25) is 5.91 Å². The van der Waals surface area contributed by atoms with Crippen molar-refractivity contribution in [2.24, 2.45) is 0 Å². The van der Waals surface area contributed by atoms with Crippen molar-refractivity contribution in [3.05, 3.63) is 78.1 Å². The molecule has 0 bridgehead atoms. The van der Waals surface area contributed by atoms with Crippen LogP contribution in [0.2, 0.25) is 0 Å². The number of carbonyl (C=O) groups excluding carboxylic acids is 1. The highest BCUT2D eigenvalue weighted by Crippen LogP contribution is 2.25. The van der Waals surface area contributed by atoms with Gasteiger partial charge in [-0.3, -0.25) is 4.79 Å². The third-order valence-electron chi connectivity index (χ3n) is 4.86. The predicted octanol–water partition coefficient (Wildman–Crippen LogP) is 3.56. The second-order valence-corrected chi connectivity index (χ2v) is 10.8. The van der Waals surface area contributed by atoms with Crippen LogP contribution < -0.4 is 5.32 Å². The van der Waals surface area contributed by atoms with Crippen molar-refractivity contribution in [3.8, 4) is 0 Å². The number of carbonyl (C=O) groups is 2. The fourth-order valence-corrected chi connectivity index (χ4v) is 5.12. The predicted molar refractivity (Wildman–Crippen MR) is 130 cm³/mol. The zero-order valence-corrected chi connectivity index (χ0v) is 20.3. The van der Waals surface area contributed by atoms with Crippen molar-refractivity contribution in [3.63, 3.8) is 0 Å². The van der Waals surface area contributed by atoms with Crippen molar-refractivity contribution in [1.82, 2.24) is 14.8 Å². The van der Waals surface area contributed by atoms with Crippen molar-refractivity contribution in [2.75, 3.05) is 5.32 Å². The first-order chi connectivity index (χ1) is 16.1. The Hall–Kier alpha value is -3.44. The summed E-state index contributed by atoms with van der Waals surface area (Å²) < 4.78 is 27.3. The van der Waals surface area contributed by atoms with Gasteiger partial charge in [-0.2, -0.15) is 0 Å². The maximum atomic E-state index is 12.9. The SMILES string of the molecule is C=CCn1c(CS(=O)(=O)c2ccc(C)cc2)nnc1SC(C)C(=O)Nc1ccc(C(=O)O)cc1. The first kappa shape index (κ1) is 25.2. The Bertz CT molecular complexity index is 1300. The van der Waals surface area contributed by atoms with E-state index >= 15 is 0 Å². The molecule has 1 heterocycles. The van der Waals surface area contributed by atoms with Crippen LogP contribution in [0.15, 0.2) is 71.2 Å². The number of hydrogen-bond donors (Lipinski definition) is 2. The van der Waals surface area contributed by atoms with Crippen LogP contribution in [-0.4, -0.2) is 45.4 Å². The average molecular weight is 501 g/mol. The minimum atomic E-state index is -3.64. The van der Waals surface area contributed by atoms with Crippen molar-refractivity contribution in [2.45, 2.75) is 41.4 Å². The number of amides is 1. The highest BCUT2D eigenvalue weighted by molar-refractivity contribution is 8.00. The molecule has 1 unspecified atom stereocenters. The van der Waals surface area contributed by atoms with E-state index in [1.807, 2.05) is 6.92 Å². The number of allylic oxidation sites excluding steroid dienone is 1. The first-order valence-electron chi connectivity index (χ1n) is 10.2. The Kier molecular flexibility index (Phi) is 7.90. The van der Waals surface area contributed by atoms with Crippen LogP contribution in [0.4, 0.5) is 5.69 Å². The van der Waals surface area contributed by atoms with Crippen molar-refractivity contribution >= 4 is 39.2 Å². The number of benzene rings is 2. The van der Waals surface area contributed by atoms with Crippen LogP contribution >= 0.6 is 11.8 Å². The van der Waals surface area contributed by atoms with E-state index in [-0.39, 0.29) is 34.5 Å². The van der Waals surface area contributed by atoms with Crippen molar-refractivity contribution in [1.29, 1.82) is 0 Å². The number of sulfone groups is 1. The summed E-state index contributed by atoms with van der Waals surface area (Å²) in [5.41, 5.74) is 1.53. The Morgan fingerprint density at radius 2 is 1.79 bits per heavy atom. The molecule has 0 aliphatic rings. The van der Waals surface area contributed by atoms with Gasteiger partial charge in [0.15, 0.2) is 15.0 Å². The van der Waals surface area contributed by atoms with Crippen LogP contribution in [-0.2, 0) is 26.9 Å². The molecule has 11 heteroatoms. The quantitative estimate of drug-likeness (QED) is 0.319. The molecule has 1 amide bonds. The van der Waals surface area contributed by atoms with Gasteiger partial charge in [0, 0.05) is 12.2 Å².